The van der Waals surface area contributed by atoms with Gasteiger partial charge in [-0.15, -0.1) is 0 Å². The van der Waals surface area contributed by atoms with Crippen LogP contribution in [0.25, 0.3) is 11.1 Å². The lowest BCUT2D eigenvalue weighted by Gasteiger charge is -2.35. The summed E-state index contributed by atoms with van der Waals surface area (Å²) in [6.07, 6.45) is -11.8. The van der Waals surface area contributed by atoms with Crippen LogP contribution in [0.1, 0.15) is 73.4 Å². The lowest BCUT2D eigenvalue weighted by atomic mass is 9.69. The molecule has 0 aromatic heterocycles. The molecule has 0 aliphatic heterocycles. The van der Waals surface area contributed by atoms with E-state index in [1.54, 1.807) is 25.1 Å². The van der Waals surface area contributed by atoms with E-state index < -0.39 is 36.2 Å². The highest BCUT2D eigenvalue weighted by atomic mass is 19.4. The normalized spacial score (nSPS) is 13.1. The van der Waals surface area contributed by atoms with Crippen LogP contribution >= 0.6 is 0 Å². The van der Waals surface area contributed by atoms with Crippen molar-refractivity contribution in [2.24, 2.45) is 0 Å². The Kier molecular flexibility index (Phi) is 9.14. The van der Waals surface area contributed by atoms with Crippen LogP contribution in [0.15, 0.2) is 54.6 Å². The third kappa shape index (κ3) is 5.78. The summed E-state index contributed by atoms with van der Waals surface area (Å²) in [5.74, 6) is -0.251. The van der Waals surface area contributed by atoms with Gasteiger partial charge in [-0.3, -0.25) is 0 Å². The number of aliphatic hydroxyl groups is 1. The van der Waals surface area contributed by atoms with Gasteiger partial charge in [0.25, 0.3) is 5.60 Å². The van der Waals surface area contributed by atoms with Crippen LogP contribution in [-0.2, 0) is 18.3 Å². The lowest BCUT2D eigenvalue weighted by Crippen LogP contribution is -2.57. The fourth-order valence-electron chi connectivity index (χ4n) is 5.55. The average Bonchev–Trinajstić information content (AvgIpc) is 2.87. The Bertz CT molecular complexity index is 1320. The molecule has 1 nitrogen and oxygen atoms in total. The number of alkyl halides is 6. The Hall–Kier alpha value is -2.87. The highest BCUT2D eigenvalue weighted by molar-refractivity contribution is 5.68. The van der Waals surface area contributed by atoms with Gasteiger partial charge in [-0.05, 0) is 96.5 Å². The Balaban J connectivity index is 1.97. The SMILES string of the molecule is CCc1ccc(-c2ccc(C(CC)(CC)c3ccc(CCC(O)(C(F)(F)F)C(F)(F)F)c(C)c3)cc2C)cc1F. The molecular weight excluding hydrogens is 533 g/mol. The van der Waals surface area contributed by atoms with Gasteiger partial charge in [0, 0.05) is 5.41 Å². The highest BCUT2D eigenvalue weighted by Gasteiger charge is 2.69. The molecule has 0 saturated heterocycles. The minimum absolute atomic E-state index is 0.251. The molecule has 0 fully saturated rings. The maximum atomic E-state index is 14.4. The zero-order valence-electron chi connectivity index (χ0n) is 23.3. The molecule has 0 atom stereocenters. The van der Waals surface area contributed by atoms with E-state index >= 15 is 0 Å². The van der Waals surface area contributed by atoms with Gasteiger partial charge in [-0.1, -0.05) is 69.3 Å². The predicted molar refractivity (Wildman–Crippen MR) is 144 cm³/mol. The molecule has 8 heteroatoms. The van der Waals surface area contributed by atoms with Crippen LogP contribution in [0.3, 0.4) is 0 Å². The molecule has 0 unspecified atom stereocenters. The van der Waals surface area contributed by atoms with Crippen molar-refractivity contribution in [3.8, 4) is 11.1 Å². The van der Waals surface area contributed by atoms with Crippen molar-refractivity contribution in [3.05, 3.63) is 93.8 Å². The topological polar surface area (TPSA) is 20.2 Å². The minimum Gasteiger partial charge on any atom is -0.374 e. The van der Waals surface area contributed by atoms with Crippen molar-refractivity contribution in [2.75, 3.05) is 0 Å². The maximum Gasteiger partial charge on any atom is 0.426 e. The van der Waals surface area contributed by atoms with Gasteiger partial charge in [0.1, 0.15) is 5.82 Å². The van der Waals surface area contributed by atoms with Crippen LogP contribution in [0.2, 0.25) is 0 Å². The molecule has 0 spiro atoms. The number of rotatable bonds is 9. The summed E-state index contributed by atoms with van der Waals surface area (Å²) in [5.41, 5.74) is 0.814. The summed E-state index contributed by atoms with van der Waals surface area (Å²) in [7, 11) is 0. The second kappa shape index (κ2) is 11.6. The van der Waals surface area contributed by atoms with E-state index in [9.17, 15) is 35.8 Å². The molecule has 3 rings (SSSR count). The van der Waals surface area contributed by atoms with Crippen LogP contribution < -0.4 is 0 Å². The predicted octanol–water partition coefficient (Wildman–Crippen LogP) is 9.57. The first kappa shape index (κ1) is 31.7. The van der Waals surface area contributed by atoms with Crippen LogP contribution in [-0.4, -0.2) is 23.1 Å². The first-order valence-corrected chi connectivity index (χ1v) is 13.4. The first-order valence-electron chi connectivity index (χ1n) is 13.4. The summed E-state index contributed by atoms with van der Waals surface area (Å²) < 4.78 is 93.3. The molecule has 218 valence electrons. The van der Waals surface area contributed by atoms with Crippen molar-refractivity contribution in [1.82, 2.24) is 0 Å². The Morgan fingerprint density at radius 3 is 1.65 bits per heavy atom. The molecule has 3 aromatic carbocycles. The van der Waals surface area contributed by atoms with Gasteiger partial charge in [-0.2, -0.15) is 26.3 Å². The molecule has 0 radical (unpaired) electrons. The Morgan fingerprint density at radius 2 is 1.20 bits per heavy atom. The molecule has 40 heavy (non-hydrogen) atoms. The number of benzene rings is 3. The number of aryl methyl sites for hydroxylation is 4. The van der Waals surface area contributed by atoms with Gasteiger partial charge in [0.15, 0.2) is 0 Å². The molecule has 0 amide bonds. The van der Waals surface area contributed by atoms with Crippen LogP contribution in [0.4, 0.5) is 30.7 Å². The molecule has 0 saturated carbocycles. The second-order valence-corrected chi connectivity index (χ2v) is 10.5. The standard InChI is InChI=1S/C32H35F7O/c1-6-22-9-10-24(19-28(22)33)27-14-13-26(18-21(27)5)29(7-2,8-3)25-12-11-23(20(4)17-25)15-16-30(40,31(34,35)36)32(37,38)39/h9-14,17-19,40H,6-8,15-16H2,1-5H3. The van der Waals surface area contributed by atoms with E-state index in [1.807, 2.05) is 52.0 Å². The number of hydrogen-bond donors (Lipinski definition) is 1. The van der Waals surface area contributed by atoms with E-state index in [0.717, 1.165) is 27.8 Å². The van der Waals surface area contributed by atoms with Gasteiger partial charge in [0.2, 0.25) is 0 Å². The third-order valence-corrected chi connectivity index (χ3v) is 8.32. The van der Waals surface area contributed by atoms with Crippen LogP contribution in [0.5, 0.6) is 0 Å². The van der Waals surface area contributed by atoms with E-state index in [1.165, 1.54) is 6.07 Å². The minimum atomic E-state index is -5.84. The van der Waals surface area contributed by atoms with E-state index in [0.29, 0.717) is 36.0 Å². The van der Waals surface area contributed by atoms with Crippen molar-refractivity contribution in [2.45, 2.75) is 90.1 Å². The largest absolute Gasteiger partial charge is 0.426 e. The highest BCUT2D eigenvalue weighted by Crippen LogP contribution is 2.46. The van der Waals surface area contributed by atoms with Gasteiger partial charge < -0.3 is 5.11 Å². The molecule has 3 aromatic rings. The average molecular weight is 569 g/mol. The second-order valence-electron chi connectivity index (χ2n) is 10.5. The smallest absolute Gasteiger partial charge is 0.374 e. The van der Waals surface area contributed by atoms with Crippen LogP contribution in [0, 0.1) is 19.7 Å². The fraction of sp³-hybridized carbons (Fsp3) is 0.438. The Morgan fingerprint density at radius 1 is 0.675 bits per heavy atom. The fourth-order valence-corrected chi connectivity index (χ4v) is 5.55. The molecule has 0 heterocycles. The zero-order valence-corrected chi connectivity index (χ0v) is 23.3. The summed E-state index contributed by atoms with van der Waals surface area (Å²) in [6.45, 7) is 9.56. The summed E-state index contributed by atoms with van der Waals surface area (Å²) in [5, 5.41) is 9.55. The van der Waals surface area contributed by atoms with E-state index in [4.69, 9.17) is 0 Å². The van der Waals surface area contributed by atoms with E-state index in [-0.39, 0.29) is 5.82 Å². The third-order valence-electron chi connectivity index (χ3n) is 8.32. The van der Waals surface area contributed by atoms with Crippen molar-refractivity contribution < 1.29 is 35.8 Å². The van der Waals surface area contributed by atoms with Crippen molar-refractivity contribution in [3.63, 3.8) is 0 Å². The molecule has 1 N–H and O–H groups in total. The molecule has 0 aliphatic rings. The van der Waals surface area contributed by atoms with Gasteiger partial charge in [-0.25, -0.2) is 4.39 Å². The number of hydrogen-bond acceptors (Lipinski definition) is 1. The molecule has 0 aliphatic carbocycles. The monoisotopic (exact) mass is 568 g/mol. The van der Waals surface area contributed by atoms with E-state index in [2.05, 4.69) is 6.07 Å². The molecule has 0 bridgehead atoms. The lowest BCUT2D eigenvalue weighted by molar-refractivity contribution is -0.369. The van der Waals surface area contributed by atoms with Gasteiger partial charge in [0.05, 0.1) is 0 Å². The van der Waals surface area contributed by atoms with Crippen molar-refractivity contribution in [1.29, 1.82) is 0 Å². The quantitative estimate of drug-likeness (QED) is 0.255. The first-order chi connectivity index (χ1) is 18.5. The van der Waals surface area contributed by atoms with Gasteiger partial charge >= 0.3 is 12.4 Å². The summed E-state index contributed by atoms with van der Waals surface area (Å²) in [6, 6.07) is 16.4. The van der Waals surface area contributed by atoms with Crippen molar-refractivity contribution >= 4 is 0 Å². The summed E-state index contributed by atoms with van der Waals surface area (Å²) in [4.78, 5) is 0. The molecular formula is C32H35F7O. The Labute approximate surface area is 231 Å². The summed E-state index contributed by atoms with van der Waals surface area (Å²) >= 11 is 0. The zero-order chi connectivity index (χ0) is 30.1. The maximum absolute atomic E-state index is 14.4. The number of halogens is 7.